The summed E-state index contributed by atoms with van der Waals surface area (Å²) in [5, 5.41) is 2.64. The van der Waals surface area contributed by atoms with E-state index < -0.39 is 18.5 Å². The number of carbonyl (C=O) groups is 2. The standard InChI is InChI=1S/C19H18BrNO5/c1-3-10-25-16-9-4-13(11-17(16)24-2)19(23)26-12-18(22)21-15-7-5-14(20)6-8-15/h3-9,11H,1,10,12H2,2H3,(H,21,22). The fourth-order valence-electron chi connectivity index (χ4n) is 2.01. The van der Waals surface area contributed by atoms with Crippen LogP contribution in [0, 0.1) is 0 Å². The van der Waals surface area contributed by atoms with Crippen molar-refractivity contribution in [2.75, 3.05) is 25.6 Å². The Morgan fingerprint density at radius 2 is 1.88 bits per heavy atom. The predicted molar refractivity (Wildman–Crippen MR) is 102 cm³/mol. The smallest absolute Gasteiger partial charge is 0.338 e. The Hall–Kier alpha value is -2.80. The summed E-state index contributed by atoms with van der Waals surface area (Å²) in [5.74, 6) is -0.194. The molecule has 0 aliphatic rings. The van der Waals surface area contributed by atoms with Crippen LogP contribution in [0.25, 0.3) is 0 Å². The van der Waals surface area contributed by atoms with Gasteiger partial charge in [-0.25, -0.2) is 4.79 Å². The Morgan fingerprint density at radius 3 is 2.54 bits per heavy atom. The lowest BCUT2D eigenvalue weighted by Crippen LogP contribution is -2.20. The second-order valence-electron chi connectivity index (χ2n) is 5.10. The molecule has 136 valence electrons. The summed E-state index contributed by atoms with van der Waals surface area (Å²) >= 11 is 3.31. The van der Waals surface area contributed by atoms with Gasteiger partial charge in [-0.3, -0.25) is 4.79 Å². The van der Waals surface area contributed by atoms with E-state index in [1.54, 1.807) is 36.4 Å². The maximum atomic E-state index is 12.1. The average Bonchev–Trinajstić information content (AvgIpc) is 2.66. The number of amides is 1. The Balaban J connectivity index is 1.93. The molecule has 7 heteroatoms. The van der Waals surface area contributed by atoms with Crippen LogP contribution in [0.5, 0.6) is 11.5 Å². The monoisotopic (exact) mass is 419 g/mol. The van der Waals surface area contributed by atoms with Crippen LogP contribution in [-0.2, 0) is 9.53 Å². The van der Waals surface area contributed by atoms with Crippen LogP contribution in [0.2, 0.25) is 0 Å². The number of hydrogen-bond donors (Lipinski definition) is 1. The van der Waals surface area contributed by atoms with Crippen LogP contribution in [-0.4, -0.2) is 32.2 Å². The third-order valence-corrected chi connectivity index (χ3v) is 3.75. The molecule has 0 saturated carbocycles. The van der Waals surface area contributed by atoms with E-state index in [-0.39, 0.29) is 5.56 Å². The topological polar surface area (TPSA) is 73.9 Å². The molecule has 1 amide bonds. The molecule has 1 N–H and O–H groups in total. The van der Waals surface area contributed by atoms with E-state index in [0.29, 0.717) is 23.8 Å². The summed E-state index contributed by atoms with van der Waals surface area (Å²) in [6.45, 7) is 3.49. The number of rotatable bonds is 8. The van der Waals surface area contributed by atoms with E-state index in [2.05, 4.69) is 27.8 Å². The molecule has 6 nitrogen and oxygen atoms in total. The van der Waals surface area contributed by atoms with Crippen LogP contribution in [0.15, 0.2) is 59.6 Å². The minimum Gasteiger partial charge on any atom is -0.493 e. The number of ether oxygens (including phenoxy) is 3. The lowest BCUT2D eigenvalue weighted by Gasteiger charge is -2.11. The van der Waals surface area contributed by atoms with Gasteiger partial charge in [-0.15, -0.1) is 0 Å². The fraction of sp³-hybridized carbons (Fsp3) is 0.158. The van der Waals surface area contributed by atoms with Crippen LogP contribution in [0.4, 0.5) is 5.69 Å². The van der Waals surface area contributed by atoms with Gasteiger partial charge >= 0.3 is 5.97 Å². The Labute approximate surface area is 159 Å². The average molecular weight is 420 g/mol. The maximum absolute atomic E-state index is 12.1. The zero-order valence-electron chi connectivity index (χ0n) is 14.2. The van der Waals surface area contributed by atoms with E-state index in [1.165, 1.54) is 19.2 Å². The number of carbonyl (C=O) groups excluding carboxylic acids is 2. The number of anilines is 1. The summed E-state index contributed by atoms with van der Waals surface area (Å²) < 4.78 is 16.6. The molecule has 2 aromatic carbocycles. The molecule has 0 aliphatic carbocycles. The molecule has 0 fully saturated rings. The van der Waals surface area contributed by atoms with Crippen molar-refractivity contribution in [2.24, 2.45) is 0 Å². The highest BCUT2D eigenvalue weighted by Crippen LogP contribution is 2.28. The second kappa shape index (κ2) is 9.62. The van der Waals surface area contributed by atoms with E-state index in [0.717, 1.165) is 4.47 Å². The van der Waals surface area contributed by atoms with Gasteiger partial charge in [-0.05, 0) is 42.5 Å². The predicted octanol–water partition coefficient (Wildman–Crippen LogP) is 3.82. The molecule has 0 saturated heterocycles. The van der Waals surface area contributed by atoms with Gasteiger partial charge in [0.05, 0.1) is 12.7 Å². The van der Waals surface area contributed by atoms with Gasteiger partial charge in [-0.1, -0.05) is 28.6 Å². The summed E-state index contributed by atoms with van der Waals surface area (Å²) in [6, 6.07) is 11.7. The summed E-state index contributed by atoms with van der Waals surface area (Å²) in [7, 11) is 1.47. The Kier molecular flexibility index (Phi) is 7.23. The summed E-state index contributed by atoms with van der Waals surface area (Å²) in [4.78, 5) is 24.0. The summed E-state index contributed by atoms with van der Waals surface area (Å²) in [6.07, 6.45) is 1.60. The van der Waals surface area contributed by atoms with Gasteiger partial charge in [0.15, 0.2) is 18.1 Å². The van der Waals surface area contributed by atoms with Crippen molar-refractivity contribution in [2.45, 2.75) is 0 Å². The summed E-state index contributed by atoms with van der Waals surface area (Å²) in [5.41, 5.74) is 0.865. The fourth-order valence-corrected chi connectivity index (χ4v) is 2.27. The highest BCUT2D eigenvalue weighted by molar-refractivity contribution is 9.10. The quantitative estimate of drug-likeness (QED) is 0.519. The van der Waals surface area contributed by atoms with Crippen LogP contribution < -0.4 is 14.8 Å². The number of benzene rings is 2. The van der Waals surface area contributed by atoms with Crippen molar-refractivity contribution in [3.05, 3.63) is 65.2 Å². The molecule has 0 radical (unpaired) electrons. The number of methoxy groups -OCH3 is 1. The lowest BCUT2D eigenvalue weighted by molar-refractivity contribution is -0.119. The van der Waals surface area contributed by atoms with Gasteiger partial charge in [0.1, 0.15) is 6.61 Å². The van der Waals surface area contributed by atoms with Crippen LogP contribution in [0.3, 0.4) is 0 Å². The third-order valence-electron chi connectivity index (χ3n) is 3.22. The largest absolute Gasteiger partial charge is 0.493 e. The van der Waals surface area contributed by atoms with E-state index >= 15 is 0 Å². The minimum absolute atomic E-state index is 0.254. The molecule has 0 heterocycles. The molecule has 0 atom stereocenters. The van der Waals surface area contributed by atoms with Gasteiger partial charge < -0.3 is 19.5 Å². The first-order valence-corrected chi connectivity index (χ1v) is 8.47. The number of halogens is 1. The van der Waals surface area contributed by atoms with Crippen molar-refractivity contribution in [1.82, 2.24) is 0 Å². The minimum atomic E-state index is -0.635. The van der Waals surface area contributed by atoms with E-state index in [1.807, 2.05) is 0 Å². The molecule has 2 rings (SSSR count). The Bertz CT molecular complexity index is 789. The number of nitrogens with one attached hydrogen (secondary N) is 1. The molecular formula is C19H18BrNO5. The van der Waals surface area contributed by atoms with Crippen molar-refractivity contribution >= 4 is 33.5 Å². The molecule has 0 spiro atoms. The molecular weight excluding hydrogens is 402 g/mol. The molecule has 0 unspecified atom stereocenters. The highest BCUT2D eigenvalue weighted by Gasteiger charge is 2.14. The Morgan fingerprint density at radius 1 is 1.15 bits per heavy atom. The molecule has 0 aliphatic heterocycles. The van der Waals surface area contributed by atoms with Crippen molar-refractivity contribution in [1.29, 1.82) is 0 Å². The zero-order chi connectivity index (χ0) is 18.9. The third kappa shape index (κ3) is 5.63. The van der Waals surface area contributed by atoms with Gasteiger partial charge in [0.25, 0.3) is 5.91 Å². The van der Waals surface area contributed by atoms with Gasteiger partial charge in [0.2, 0.25) is 0 Å². The van der Waals surface area contributed by atoms with Gasteiger partial charge in [-0.2, -0.15) is 0 Å². The molecule has 0 bridgehead atoms. The van der Waals surface area contributed by atoms with E-state index in [9.17, 15) is 9.59 Å². The first-order valence-electron chi connectivity index (χ1n) is 7.67. The normalized spacial score (nSPS) is 9.92. The highest BCUT2D eigenvalue weighted by atomic mass is 79.9. The zero-order valence-corrected chi connectivity index (χ0v) is 15.7. The number of esters is 1. The van der Waals surface area contributed by atoms with Crippen molar-refractivity contribution < 1.29 is 23.8 Å². The first-order chi connectivity index (χ1) is 12.5. The molecule has 2 aromatic rings. The van der Waals surface area contributed by atoms with Crippen LogP contribution >= 0.6 is 15.9 Å². The first kappa shape index (κ1) is 19.5. The molecule has 26 heavy (non-hydrogen) atoms. The molecule has 0 aromatic heterocycles. The van der Waals surface area contributed by atoms with Gasteiger partial charge in [0, 0.05) is 10.2 Å². The SMILES string of the molecule is C=CCOc1ccc(C(=O)OCC(=O)Nc2ccc(Br)cc2)cc1OC. The maximum Gasteiger partial charge on any atom is 0.338 e. The lowest BCUT2D eigenvalue weighted by atomic mass is 10.2. The number of hydrogen-bond acceptors (Lipinski definition) is 5. The van der Waals surface area contributed by atoms with Crippen LogP contribution in [0.1, 0.15) is 10.4 Å². The van der Waals surface area contributed by atoms with Crippen molar-refractivity contribution in [3.8, 4) is 11.5 Å². The van der Waals surface area contributed by atoms with E-state index in [4.69, 9.17) is 14.2 Å². The second-order valence-corrected chi connectivity index (χ2v) is 6.01. The van der Waals surface area contributed by atoms with Crippen molar-refractivity contribution in [3.63, 3.8) is 0 Å².